The summed E-state index contributed by atoms with van der Waals surface area (Å²) in [6, 6.07) is 69.2. The van der Waals surface area contributed by atoms with Gasteiger partial charge in [-0.15, -0.1) is 0 Å². The number of nitrogens with zero attached hydrogens (tertiary/aromatic N) is 1. The summed E-state index contributed by atoms with van der Waals surface area (Å²) in [6.45, 7) is 4.72. The van der Waals surface area contributed by atoms with Crippen molar-refractivity contribution in [1.29, 1.82) is 0 Å². The summed E-state index contributed by atoms with van der Waals surface area (Å²) in [5.41, 5.74) is 13.7. The predicted molar refractivity (Wildman–Crippen MR) is 222 cm³/mol. The molecule has 1 aliphatic rings. The van der Waals surface area contributed by atoms with Gasteiger partial charge in [-0.25, -0.2) is 0 Å². The first-order chi connectivity index (χ1) is 25.5. The van der Waals surface area contributed by atoms with E-state index in [4.69, 9.17) is 0 Å². The van der Waals surface area contributed by atoms with Gasteiger partial charge in [0, 0.05) is 22.2 Å². The van der Waals surface area contributed by atoms with Gasteiger partial charge in [0.25, 0.3) is 0 Å². The highest BCUT2D eigenvalue weighted by Gasteiger charge is 2.35. The van der Waals surface area contributed by atoms with Crippen LogP contribution in [0.1, 0.15) is 25.0 Å². The van der Waals surface area contributed by atoms with E-state index in [0.29, 0.717) is 0 Å². The van der Waals surface area contributed by atoms with Crippen molar-refractivity contribution in [2.24, 2.45) is 0 Å². The van der Waals surface area contributed by atoms with Crippen LogP contribution in [0.4, 0.5) is 17.1 Å². The van der Waals surface area contributed by atoms with E-state index in [0.717, 1.165) is 11.4 Å². The van der Waals surface area contributed by atoms with E-state index in [1.165, 1.54) is 82.5 Å². The largest absolute Gasteiger partial charge is 0.310 e. The van der Waals surface area contributed by atoms with Crippen molar-refractivity contribution in [1.82, 2.24) is 0 Å². The van der Waals surface area contributed by atoms with Crippen molar-refractivity contribution in [3.63, 3.8) is 0 Å². The Hall–Kier alpha value is -6.44. The second-order valence-corrected chi connectivity index (χ2v) is 14.6. The van der Waals surface area contributed by atoms with Gasteiger partial charge in [-0.3, -0.25) is 0 Å². The van der Waals surface area contributed by atoms with Crippen LogP contribution in [0, 0.1) is 0 Å². The van der Waals surface area contributed by atoms with E-state index in [-0.39, 0.29) is 5.41 Å². The zero-order valence-electron chi connectivity index (χ0n) is 29.3. The Bertz CT molecular complexity index is 2810. The molecule has 0 fully saturated rings. The number of benzene rings is 9. The maximum absolute atomic E-state index is 2.46. The topological polar surface area (TPSA) is 3.24 Å². The molecule has 0 radical (unpaired) electrons. The van der Waals surface area contributed by atoms with E-state index in [1.54, 1.807) is 0 Å². The van der Waals surface area contributed by atoms with Crippen LogP contribution in [0.15, 0.2) is 188 Å². The molecular formula is C51H37N. The smallest absolute Gasteiger partial charge is 0.0546 e. The summed E-state index contributed by atoms with van der Waals surface area (Å²) in [4.78, 5) is 2.46. The average molecular weight is 664 g/mol. The van der Waals surface area contributed by atoms with E-state index in [1.807, 2.05) is 0 Å². The molecule has 52 heavy (non-hydrogen) atoms. The minimum absolute atomic E-state index is 0.0953. The van der Waals surface area contributed by atoms with E-state index in [9.17, 15) is 0 Å². The predicted octanol–water partition coefficient (Wildman–Crippen LogP) is 14.3. The van der Waals surface area contributed by atoms with Gasteiger partial charge in [0.2, 0.25) is 0 Å². The maximum Gasteiger partial charge on any atom is 0.0546 e. The first kappa shape index (κ1) is 30.4. The molecule has 9 aromatic rings. The Labute approximate surface area is 305 Å². The summed E-state index contributed by atoms with van der Waals surface area (Å²) in [6.07, 6.45) is 0. The molecule has 0 saturated carbocycles. The molecule has 246 valence electrons. The van der Waals surface area contributed by atoms with Crippen molar-refractivity contribution < 1.29 is 0 Å². The van der Waals surface area contributed by atoms with E-state index >= 15 is 0 Å². The number of anilines is 3. The molecule has 0 saturated heterocycles. The third-order valence-electron chi connectivity index (χ3n) is 11.2. The van der Waals surface area contributed by atoms with Crippen molar-refractivity contribution in [3.8, 4) is 33.4 Å². The van der Waals surface area contributed by atoms with Crippen molar-refractivity contribution in [3.05, 3.63) is 199 Å². The lowest BCUT2D eigenvalue weighted by atomic mass is 9.82. The second-order valence-electron chi connectivity index (χ2n) is 14.6. The SMILES string of the molecule is CC1(C)c2ccccc2-c2ccc(N(c3ccc(-c4ccc(-c5ccc6ccccc6c5)cc4)cc3)c3cc4ccccc4c4ccccc34)cc21. The average Bonchev–Trinajstić information content (AvgIpc) is 3.43. The number of hydrogen-bond acceptors (Lipinski definition) is 1. The highest BCUT2D eigenvalue weighted by molar-refractivity contribution is 6.14. The minimum atomic E-state index is -0.0953. The number of hydrogen-bond donors (Lipinski definition) is 0. The van der Waals surface area contributed by atoms with Gasteiger partial charge in [-0.2, -0.15) is 0 Å². The molecule has 0 unspecified atom stereocenters. The molecule has 10 rings (SSSR count). The molecule has 0 amide bonds. The van der Waals surface area contributed by atoms with Gasteiger partial charge in [-0.05, 0) is 108 Å². The maximum atomic E-state index is 2.46. The van der Waals surface area contributed by atoms with Crippen molar-refractivity contribution in [2.45, 2.75) is 19.3 Å². The molecule has 0 spiro atoms. The molecule has 1 heteroatoms. The van der Waals surface area contributed by atoms with Crippen LogP contribution in [-0.2, 0) is 5.41 Å². The lowest BCUT2D eigenvalue weighted by molar-refractivity contribution is 0.660. The van der Waals surface area contributed by atoms with E-state index in [2.05, 4.69) is 207 Å². The van der Waals surface area contributed by atoms with Crippen LogP contribution in [0.3, 0.4) is 0 Å². The lowest BCUT2D eigenvalue weighted by Crippen LogP contribution is -2.16. The quantitative estimate of drug-likeness (QED) is 0.166. The number of rotatable bonds is 5. The summed E-state index contributed by atoms with van der Waals surface area (Å²) >= 11 is 0. The fourth-order valence-corrected chi connectivity index (χ4v) is 8.51. The molecular weight excluding hydrogens is 627 g/mol. The third kappa shape index (κ3) is 4.85. The highest BCUT2D eigenvalue weighted by atomic mass is 15.1. The van der Waals surface area contributed by atoms with Crippen LogP contribution in [0.5, 0.6) is 0 Å². The van der Waals surface area contributed by atoms with Gasteiger partial charge in [0.1, 0.15) is 0 Å². The van der Waals surface area contributed by atoms with Crippen molar-refractivity contribution >= 4 is 49.4 Å². The molecule has 0 N–H and O–H groups in total. The third-order valence-corrected chi connectivity index (χ3v) is 11.2. The summed E-state index contributed by atoms with van der Waals surface area (Å²) in [5, 5.41) is 7.53. The highest BCUT2D eigenvalue weighted by Crippen LogP contribution is 2.51. The van der Waals surface area contributed by atoms with Gasteiger partial charge in [0.05, 0.1) is 5.69 Å². The van der Waals surface area contributed by atoms with Gasteiger partial charge in [-0.1, -0.05) is 166 Å². The first-order valence-electron chi connectivity index (χ1n) is 18.2. The molecule has 1 aliphatic carbocycles. The monoisotopic (exact) mass is 663 g/mol. The van der Waals surface area contributed by atoms with Gasteiger partial charge >= 0.3 is 0 Å². The number of fused-ring (bicyclic) bond motifs is 7. The Kier molecular flexibility index (Phi) is 6.91. The molecule has 0 aliphatic heterocycles. The Morgan fingerprint density at radius 1 is 0.346 bits per heavy atom. The summed E-state index contributed by atoms with van der Waals surface area (Å²) < 4.78 is 0. The van der Waals surface area contributed by atoms with Crippen molar-refractivity contribution in [2.75, 3.05) is 4.90 Å². The first-order valence-corrected chi connectivity index (χ1v) is 18.2. The fourth-order valence-electron chi connectivity index (χ4n) is 8.51. The van der Waals surface area contributed by atoms with E-state index < -0.39 is 0 Å². The normalized spacial score (nSPS) is 13.0. The molecule has 0 heterocycles. The molecule has 0 aromatic heterocycles. The van der Waals surface area contributed by atoms with Crippen LogP contribution in [-0.4, -0.2) is 0 Å². The van der Waals surface area contributed by atoms with Crippen LogP contribution in [0.25, 0.3) is 65.7 Å². The van der Waals surface area contributed by atoms with Gasteiger partial charge in [0.15, 0.2) is 0 Å². The van der Waals surface area contributed by atoms with Gasteiger partial charge < -0.3 is 4.90 Å². The van der Waals surface area contributed by atoms with Crippen LogP contribution >= 0.6 is 0 Å². The fraction of sp³-hybridized carbons (Fsp3) is 0.0588. The zero-order valence-corrected chi connectivity index (χ0v) is 29.3. The Morgan fingerprint density at radius 3 is 1.65 bits per heavy atom. The second kappa shape index (κ2) is 11.8. The summed E-state index contributed by atoms with van der Waals surface area (Å²) in [5.74, 6) is 0. The zero-order chi connectivity index (χ0) is 34.8. The minimum Gasteiger partial charge on any atom is -0.310 e. The molecule has 1 nitrogen and oxygen atoms in total. The Balaban J connectivity index is 1.09. The van der Waals surface area contributed by atoms with Crippen LogP contribution < -0.4 is 4.90 Å². The standard InChI is InChI=1S/C51H37N/c1-51(2)48-18-10-9-16-45(48)46-30-29-42(33-49(46)51)52(50-32-40-13-5-6-14-43(40)44-15-7-8-17-47(44)50)41-27-25-36(26-28-41)35-19-21-37(22-20-35)39-24-23-34-11-3-4-12-38(34)31-39/h3-33H,1-2H3. The lowest BCUT2D eigenvalue weighted by Gasteiger charge is -2.29. The Morgan fingerprint density at radius 2 is 0.885 bits per heavy atom. The molecule has 0 bridgehead atoms. The van der Waals surface area contributed by atoms with Crippen LogP contribution in [0.2, 0.25) is 0 Å². The molecule has 0 atom stereocenters. The molecule has 9 aromatic carbocycles. The summed E-state index contributed by atoms with van der Waals surface area (Å²) in [7, 11) is 0.